The summed E-state index contributed by atoms with van der Waals surface area (Å²) in [5.74, 6) is -2.23. The van der Waals surface area contributed by atoms with Crippen molar-refractivity contribution in [3.8, 4) is 0 Å². The van der Waals surface area contributed by atoms with E-state index in [1.807, 2.05) is 5.16 Å². The molecule has 0 aliphatic rings. The van der Waals surface area contributed by atoms with Gasteiger partial charge in [0.25, 0.3) is 0 Å². The topological polar surface area (TPSA) is 12.4 Å². The smallest absolute Gasteiger partial charge is 0.186 e. The van der Waals surface area contributed by atoms with Gasteiger partial charge >= 0.3 is 0 Å². The molecule has 0 aliphatic carbocycles. The lowest BCUT2D eigenvalue weighted by Crippen LogP contribution is -1.84. The predicted octanol–water partition coefficient (Wildman–Crippen LogP) is 3.35. The number of benzene rings is 1. The van der Waals surface area contributed by atoms with Crippen molar-refractivity contribution in [2.24, 2.45) is 4.99 Å². The minimum Gasteiger partial charge on any atom is -0.202 e. The molecule has 1 rings (SSSR count). The van der Waals surface area contributed by atoms with Gasteiger partial charge in [-0.05, 0) is 24.4 Å². The highest BCUT2D eigenvalue weighted by atomic mass is 35.5. The zero-order chi connectivity index (χ0) is 9.14. The largest absolute Gasteiger partial charge is 0.202 e. The van der Waals surface area contributed by atoms with E-state index in [4.69, 9.17) is 11.6 Å². The van der Waals surface area contributed by atoms with E-state index in [0.717, 1.165) is 0 Å². The minimum atomic E-state index is -1.12. The summed E-state index contributed by atoms with van der Waals surface area (Å²) in [6, 6.07) is 2.42. The zero-order valence-electron chi connectivity index (χ0n) is 5.64. The summed E-state index contributed by atoms with van der Waals surface area (Å²) in [7, 11) is 0. The Labute approximate surface area is 77.7 Å². The molecule has 0 saturated carbocycles. The van der Waals surface area contributed by atoms with Gasteiger partial charge in [-0.2, -0.15) is 4.99 Å². The highest BCUT2D eigenvalue weighted by Gasteiger charge is 2.10. The van der Waals surface area contributed by atoms with E-state index in [1.54, 1.807) is 0 Å². The molecule has 0 radical (unpaired) electrons. The molecule has 0 fully saturated rings. The quantitative estimate of drug-likeness (QED) is 0.389. The summed E-state index contributed by atoms with van der Waals surface area (Å²) in [4.78, 5) is 3.30. The molecule has 0 amide bonds. The van der Waals surface area contributed by atoms with Crippen molar-refractivity contribution in [3.63, 3.8) is 0 Å². The van der Waals surface area contributed by atoms with Crippen LogP contribution < -0.4 is 0 Å². The van der Waals surface area contributed by atoms with E-state index >= 15 is 0 Å². The second kappa shape index (κ2) is 3.72. The lowest BCUT2D eigenvalue weighted by Gasteiger charge is -1.97. The Kier molecular flexibility index (Phi) is 2.87. The van der Waals surface area contributed by atoms with E-state index < -0.39 is 11.6 Å². The monoisotopic (exact) mass is 205 g/mol. The van der Waals surface area contributed by atoms with E-state index in [-0.39, 0.29) is 10.7 Å². The van der Waals surface area contributed by atoms with Gasteiger partial charge in [-0.25, -0.2) is 8.78 Å². The molecule has 5 heteroatoms. The Morgan fingerprint density at radius 1 is 1.33 bits per heavy atom. The van der Waals surface area contributed by atoms with Crippen LogP contribution in [0.4, 0.5) is 14.5 Å². The Morgan fingerprint density at radius 2 is 2.00 bits per heavy atom. The first kappa shape index (κ1) is 9.26. The summed E-state index contributed by atoms with van der Waals surface area (Å²) in [5.41, 5.74) is -0.202. The fraction of sp³-hybridized carbons (Fsp3) is 0. The Hall–Kier alpha value is -0.830. The summed E-state index contributed by atoms with van der Waals surface area (Å²) < 4.78 is 25.5. The second-order valence-corrected chi connectivity index (χ2v) is 2.49. The predicted molar refractivity (Wildman–Crippen MR) is 46.1 cm³/mol. The van der Waals surface area contributed by atoms with Crippen LogP contribution in [-0.4, -0.2) is 5.16 Å². The normalized spacial score (nSPS) is 9.25. The minimum absolute atomic E-state index is 0.202. The van der Waals surface area contributed by atoms with E-state index in [9.17, 15) is 8.78 Å². The molecule has 1 aromatic carbocycles. The molecular formula is C7H2ClF2NS. The maximum absolute atomic E-state index is 12.8. The van der Waals surface area contributed by atoms with Gasteiger partial charge in [0.15, 0.2) is 11.6 Å². The molecule has 0 saturated heterocycles. The number of thiocarbonyl (C=S) groups is 1. The van der Waals surface area contributed by atoms with Crippen LogP contribution in [-0.2, 0) is 0 Å². The van der Waals surface area contributed by atoms with Crippen LogP contribution in [0.3, 0.4) is 0 Å². The van der Waals surface area contributed by atoms with Gasteiger partial charge < -0.3 is 0 Å². The summed E-state index contributed by atoms with van der Waals surface area (Å²) in [6.07, 6.45) is 0. The third kappa shape index (κ3) is 1.67. The zero-order valence-corrected chi connectivity index (χ0v) is 7.22. The van der Waals surface area contributed by atoms with Crippen LogP contribution in [0.5, 0.6) is 0 Å². The number of halogens is 3. The first-order valence-electron chi connectivity index (χ1n) is 2.88. The third-order valence-corrected chi connectivity index (χ3v) is 1.56. The molecule has 0 aromatic heterocycles. The standard InChI is InChI=1S/C7H2ClF2NS/c8-4-1-2-5(11-3-12)7(10)6(4)9/h1-2H. The van der Waals surface area contributed by atoms with Crippen molar-refractivity contribution in [3.05, 3.63) is 28.8 Å². The average molecular weight is 206 g/mol. The number of hydrogen-bond acceptors (Lipinski definition) is 2. The fourth-order valence-electron chi connectivity index (χ4n) is 0.651. The van der Waals surface area contributed by atoms with Crippen LogP contribution in [0.15, 0.2) is 17.1 Å². The van der Waals surface area contributed by atoms with Crippen molar-refractivity contribution in [1.29, 1.82) is 0 Å². The van der Waals surface area contributed by atoms with E-state index in [1.165, 1.54) is 12.1 Å². The summed E-state index contributed by atoms with van der Waals surface area (Å²) in [5, 5.41) is 1.65. The van der Waals surface area contributed by atoms with Gasteiger partial charge in [0.1, 0.15) is 5.69 Å². The van der Waals surface area contributed by atoms with Crippen molar-refractivity contribution < 1.29 is 8.78 Å². The first-order chi connectivity index (χ1) is 5.66. The van der Waals surface area contributed by atoms with Crippen LogP contribution in [0.25, 0.3) is 0 Å². The average Bonchev–Trinajstić information content (AvgIpc) is 2.07. The van der Waals surface area contributed by atoms with E-state index in [2.05, 4.69) is 17.2 Å². The molecule has 12 heavy (non-hydrogen) atoms. The van der Waals surface area contributed by atoms with Gasteiger partial charge in [0, 0.05) is 0 Å². The van der Waals surface area contributed by atoms with Gasteiger partial charge in [-0.3, -0.25) is 0 Å². The van der Waals surface area contributed by atoms with E-state index in [0.29, 0.717) is 0 Å². The van der Waals surface area contributed by atoms with Gasteiger partial charge in [-0.15, -0.1) is 0 Å². The summed E-state index contributed by atoms with van der Waals surface area (Å²) >= 11 is 9.51. The number of rotatable bonds is 1. The van der Waals surface area contributed by atoms with Crippen molar-refractivity contribution >= 4 is 34.7 Å². The maximum atomic E-state index is 12.8. The lowest BCUT2D eigenvalue weighted by molar-refractivity contribution is 0.511. The molecule has 1 nitrogen and oxygen atoms in total. The van der Waals surface area contributed by atoms with Crippen molar-refractivity contribution in [2.45, 2.75) is 0 Å². The fourth-order valence-corrected chi connectivity index (χ4v) is 0.896. The maximum Gasteiger partial charge on any atom is 0.186 e. The molecule has 0 N–H and O–H groups in total. The SMILES string of the molecule is Fc1c(Cl)ccc(N=C=S)c1F. The van der Waals surface area contributed by atoms with Gasteiger partial charge in [-0.1, -0.05) is 11.6 Å². The molecule has 0 atom stereocenters. The molecule has 62 valence electrons. The number of isothiocyanates is 1. The van der Waals surface area contributed by atoms with Gasteiger partial charge in [0.05, 0.1) is 10.2 Å². The van der Waals surface area contributed by atoms with Crippen LogP contribution >= 0.6 is 23.8 Å². The van der Waals surface area contributed by atoms with Gasteiger partial charge in [0.2, 0.25) is 0 Å². The lowest BCUT2D eigenvalue weighted by atomic mass is 10.3. The molecule has 0 unspecified atom stereocenters. The van der Waals surface area contributed by atoms with Crippen molar-refractivity contribution in [1.82, 2.24) is 0 Å². The Morgan fingerprint density at radius 3 is 2.58 bits per heavy atom. The summed E-state index contributed by atoms with van der Waals surface area (Å²) in [6.45, 7) is 0. The molecule has 0 bridgehead atoms. The number of nitrogens with zero attached hydrogens (tertiary/aromatic N) is 1. The Balaban J connectivity index is 3.35. The molecule has 0 spiro atoms. The molecule has 0 aliphatic heterocycles. The number of hydrogen-bond donors (Lipinski definition) is 0. The molecule has 0 heterocycles. The molecular weight excluding hydrogens is 204 g/mol. The van der Waals surface area contributed by atoms with Crippen LogP contribution in [0.1, 0.15) is 0 Å². The van der Waals surface area contributed by atoms with Crippen LogP contribution in [0.2, 0.25) is 5.02 Å². The Bertz CT molecular complexity index is 361. The second-order valence-electron chi connectivity index (χ2n) is 1.90. The highest BCUT2D eigenvalue weighted by Crippen LogP contribution is 2.25. The third-order valence-electron chi connectivity index (χ3n) is 1.18. The van der Waals surface area contributed by atoms with Crippen molar-refractivity contribution in [2.75, 3.05) is 0 Å². The highest BCUT2D eigenvalue weighted by molar-refractivity contribution is 7.78. The molecule has 1 aromatic rings. The first-order valence-corrected chi connectivity index (χ1v) is 3.67. The van der Waals surface area contributed by atoms with Crippen LogP contribution in [0, 0.1) is 11.6 Å². The number of aliphatic imine (C=N–C) groups is 1.